The average Bonchev–Trinajstić information content (AvgIpc) is 3.17. The van der Waals surface area contributed by atoms with Crippen molar-refractivity contribution < 1.29 is 4.79 Å². The molecule has 0 saturated heterocycles. The number of aromatic nitrogens is 3. The molecule has 0 spiro atoms. The van der Waals surface area contributed by atoms with Crippen molar-refractivity contribution in [2.45, 2.75) is 20.8 Å². The summed E-state index contributed by atoms with van der Waals surface area (Å²) in [5.41, 5.74) is 7.01. The summed E-state index contributed by atoms with van der Waals surface area (Å²) < 4.78 is 1.79. The number of hydrogen-bond donors (Lipinski definition) is 1. The van der Waals surface area contributed by atoms with Gasteiger partial charge in [-0.25, -0.2) is 4.68 Å². The monoisotopic (exact) mass is 382 g/mol. The summed E-state index contributed by atoms with van der Waals surface area (Å²) in [7, 11) is 0. The molecule has 0 aliphatic heterocycles. The van der Waals surface area contributed by atoms with E-state index in [4.69, 9.17) is 0 Å². The normalized spacial score (nSPS) is 10.7. The second kappa shape index (κ2) is 7.72. The lowest BCUT2D eigenvalue weighted by Crippen LogP contribution is -2.14. The zero-order chi connectivity index (χ0) is 20.4. The van der Waals surface area contributed by atoms with Gasteiger partial charge in [-0.1, -0.05) is 29.8 Å². The highest BCUT2D eigenvalue weighted by atomic mass is 16.2. The molecule has 0 fully saturated rings. The number of aryl methyl sites for hydroxylation is 3. The number of nitrogens with one attached hydrogen (secondary N) is 1. The van der Waals surface area contributed by atoms with Crippen LogP contribution in [0.2, 0.25) is 0 Å². The molecule has 4 rings (SSSR count). The van der Waals surface area contributed by atoms with Crippen molar-refractivity contribution in [1.29, 1.82) is 0 Å². The second-order valence-corrected chi connectivity index (χ2v) is 7.18. The molecule has 144 valence electrons. The van der Waals surface area contributed by atoms with Crippen LogP contribution in [0.4, 0.5) is 5.69 Å². The van der Waals surface area contributed by atoms with E-state index >= 15 is 0 Å². The van der Waals surface area contributed by atoms with Crippen molar-refractivity contribution >= 4 is 11.6 Å². The number of anilines is 1. The van der Waals surface area contributed by atoms with Crippen LogP contribution in [0.25, 0.3) is 16.9 Å². The van der Waals surface area contributed by atoms with Crippen LogP contribution in [0.1, 0.15) is 27.2 Å². The zero-order valence-electron chi connectivity index (χ0n) is 16.7. The smallest absolute Gasteiger partial charge is 0.276 e. The van der Waals surface area contributed by atoms with Gasteiger partial charge in [-0.2, -0.15) is 5.10 Å². The molecule has 0 radical (unpaired) electrons. The fourth-order valence-corrected chi connectivity index (χ4v) is 3.15. The van der Waals surface area contributed by atoms with Crippen molar-refractivity contribution in [3.05, 3.63) is 95.4 Å². The van der Waals surface area contributed by atoms with Gasteiger partial charge in [0.25, 0.3) is 5.91 Å². The lowest BCUT2D eigenvalue weighted by atomic mass is 10.1. The van der Waals surface area contributed by atoms with E-state index in [-0.39, 0.29) is 5.91 Å². The molecule has 4 aromatic rings. The van der Waals surface area contributed by atoms with E-state index in [0.29, 0.717) is 5.69 Å². The minimum absolute atomic E-state index is 0.241. The molecule has 29 heavy (non-hydrogen) atoms. The Bertz CT molecular complexity index is 1160. The summed E-state index contributed by atoms with van der Waals surface area (Å²) in [5.74, 6) is -0.241. The first-order valence-electron chi connectivity index (χ1n) is 9.47. The Morgan fingerprint density at radius 2 is 1.69 bits per heavy atom. The number of pyridine rings is 1. The minimum atomic E-state index is -0.241. The van der Waals surface area contributed by atoms with Gasteiger partial charge in [-0.05, 0) is 68.3 Å². The van der Waals surface area contributed by atoms with Crippen LogP contribution in [-0.4, -0.2) is 20.7 Å². The van der Waals surface area contributed by atoms with Crippen LogP contribution in [0.3, 0.4) is 0 Å². The van der Waals surface area contributed by atoms with Crippen LogP contribution in [0, 0.1) is 20.8 Å². The van der Waals surface area contributed by atoms with Gasteiger partial charge in [0, 0.05) is 23.6 Å². The maximum Gasteiger partial charge on any atom is 0.276 e. The van der Waals surface area contributed by atoms with E-state index in [2.05, 4.69) is 15.4 Å². The molecule has 0 atom stereocenters. The second-order valence-electron chi connectivity index (χ2n) is 7.18. The van der Waals surface area contributed by atoms with Gasteiger partial charge in [0.15, 0.2) is 5.69 Å². The highest BCUT2D eigenvalue weighted by Crippen LogP contribution is 2.25. The Morgan fingerprint density at radius 3 is 2.41 bits per heavy atom. The summed E-state index contributed by atoms with van der Waals surface area (Å²) in [6, 6.07) is 19.7. The number of carbonyl (C=O) groups excluding carboxylic acids is 1. The summed E-state index contributed by atoms with van der Waals surface area (Å²) >= 11 is 0. The van der Waals surface area contributed by atoms with Crippen molar-refractivity contribution in [3.63, 3.8) is 0 Å². The molecule has 5 heteroatoms. The lowest BCUT2D eigenvalue weighted by Gasteiger charge is -2.08. The standard InChI is InChI=1S/C24H22N4O/c1-16-7-10-20(11-8-16)28-23(19-5-4-12-25-15-19)14-22(27-28)24(29)26-21-13-17(2)6-9-18(21)3/h4-15H,1-3H3,(H,26,29). The fraction of sp³-hybridized carbons (Fsp3) is 0.125. The quantitative estimate of drug-likeness (QED) is 0.533. The molecule has 2 aromatic heterocycles. The minimum Gasteiger partial charge on any atom is -0.320 e. The molecule has 0 aliphatic carbocycles. The largest absolute Gasteiger partial charge is 0.320 e. The summed E-state index contributed by atoms with van der Waals surface area (Å²) in [4.78, 5) is 17.2. The van der Waals surface area contributed by atoms with E-state index in [0.717, 1.165) is 39.3 Å². The lowest BCUT2D eigenvalue weighted by molar-refractivity contribution is 0.102. The summed E-state index contributed by atoms with van der Waals surface area (Å²) in [6.07, 6.45) is 3.50. The Hall–Kier alpha value is -3.73. The number of carbonyl (C=O) groups is 1. The van der Waals surface area contributed by atoms with Crippen LogP contribution in [0.5, 0.6) is 0 Å². The van der Waals surface area contributed by atoms with Gasteiger partial charge in [0.05, 0.1) is 11.4 Å². The maximum absolute atomic E-state index is 13.0. The molecule has 1 amide bonds. The molecule has 5 nitrogen and oxygen atoms in total. The van der Waals surface area contributed by atoms with E-state index in [1.165, 1.54) is 0 Å². The van der Waals surface area contributed by atoms with E-state index in [1.54, 1.807) is 23.1 Å². The van der Waals surface area contributed by atoms with Crippen LogP contribution in [-0.2, 0) is 0 Å². The Kier molecular flexibility index (Phi) is 4.96. The predicted octanol–water partition coefficient (Wildman–Crippen LogP) is 5.11. The van der Waals surface area contributed by atoms with E-state index < -0.39 is 0 Å². The topological polar surface area (TPSA) is 59.8 Å². The fourth-order valence-electron chi connectivity index (χ4n) is 3.15. The molecule has 0 saturated carbocycles. The molecule has 2 aromatic carbocycles. The molecule has 0 bridgehead atoms. The Morgan fingerprint density at radius 1 is 0.931 bits per heavy atom. The van der Waals surface area contributed by atoms with Crippen LogP contribution in [0.15, 0.2) is 73.1 Å². The van der Waals surface area contributed by atoms with E-state index in [9.17, 15) is 4.79 Å². The first-order valence-corrected chi connectivity index (χ1v) is 9.47. The van der Waals surface area contributed by atoms with E-state index in [1.807, 2.05) is 75.4 Å². The highest BCUT2D eigenvalue weighted by Gasteiger charge is 2.17. The number of amides is 1. The molecule has 2 heterocycles. The predicted molar refractivity (Wildman–Crippen MR) is 115 cm³/mol. The number of rotatable bonds is 4. The van der Waals surface area contributed by atoms with Gasteiger partial charge in [0.1, 0.15) is 0 Å². The molecule has 1 N–H and O–H groups in total. The highest BCUT2D eigenvalue weighted by molar-refractivity contribution is 6.04. The zero-order valence-corrected chi connectivity index (χ0v) is 16.7. The van der Waals surface area contributed by atoms with Crippen molar-refractivity contribution in [1.82, 2.24) is 14.8 Å². The molecular weight excluding hydrogens is 360 g/mol. The van der Waals surface area contributed by atoms with Crippen molar-refractivity contribution in [3.8, 4) is 16.9 Å². The molecule has 0 unspecified atom stereocenters. The molecular formula is C24H22N4O. The average molecular weight is 382 g/mol. The van der Waals surface area contributed by atoms with Gasteiger partial charge >= 0.3 is 0 Å². The van der Waals surface area contributed by atoms with Crippen LogP contribution >= 0.6 is 0 Å². The van der Waals surface area contributed by atoms with Gasteiger partial charge in [0.2, 0.25) is 0 Å². The number of benzene rings is 2. The first kappa shape index (κ1) is 18.6. The first-order chi connectivity index (χ1) is 14.0. The Labute approximate surface area is 170 Å². The molecule has 0 aliphatic rings. The third-order valence-electron chi connectivity index (χ3n) is 4.82. The van der Waals surface area contributed by atoms with Crippen molar-refractivity contribution in [2.24, 2.45) is 0 Å². The third kappa shape index (κ3) is 3.94. The summed E-state index contributed by atoms with van der Waals surface area (Å²) in [6.45, 7) is 6.01. The van der Waals surface area contributed by atoms with Gasteiger partial charge in [-0.15, -0.1) is 0 Å². The third-order valence-corrected chi connectivity index (χ3v) is 4.82. The maximum atomic E-state index is 13.0. The van der Waals surface area contributed by atoms with Gasteiger partial charge < -0.3 is 5.32 Å². The van der Waals surface area contributed by atoms with Crippen molar-refractivity contribution in [2.75, 3.05) is 5.32 Å². The van der Waals surface area contributed by atoms with Crippen LogP contribution < -0.4 is 5.32 Å². The SMILES string of the molecule is Cc1ccc(-n2nc(C(=O)Nc3cc(C)ccc3C)cc2-c2cccnc2)cc1. The number of nitrogens with zero attached hydrogens (tertiary/aromatic N) is 3. The summed E-state index contributed by atoms with van der Waals surface area (Å²) in [5, 5.41) is 7.60. The van der Waals surface area contributed by atoms with Gasteiger partial charge in [-0.3, -0.25) is 9.78 Å². The number of hydrogen-bond acceptors (Lipinski definition) is 3. The Balaban J connectivity index is 1.75.